The van der Waals surface area contributed by atoms with Crippen molar-refractivity contribution in [2.24, 2.45) is 5.10 Å². The highest BCUT2D eigenvalue weighted by Gasteiger charge is 2.13. The van der Waals surface area contributed by atoms with Crippen molar-refractivity contribution in [2.75, 3.05) is 0 Å². The van der Waals surface area contributed by atoms with E-state index in [1.807, 2.05) is 0 Å². The zero-order valence-corrected chi connectivity index (χ0v) is 11.1. The molecule has 0 saturated heterocycles. The molecule has 6 N–H and O–H groups in total. The third-order valence-corrected chi connectivity index (χ3v) is 2.75. The van der Waals surface area contributed by atoms with Crippen LogP contribution in [0.1, 0.15) is 15.9 Å². The van der Waals surface area contributed by atoms with Gasteiger partial charge in [0.2, 0.25) is 0 Å². The first-order chi connectivity index (χ1) is 10.4. The summed E-state index contributed by atoms with van der Waals surface area (Å²) in [6.45, 7) is 0. The first-order valence-corrected chi connectivity index (χ1v) is 5.99. The number of para-hydroxylation sites is 1. The Hall–Kier alpha value is -3.42. The number of nitrogens with zero attached hydrogens (tertiary/aromatic N) is 1. The standard InChI is InChI=1S/C14H12N2O6/c17-9-3-1-2-7(12(9)20)6-15-16-14(22)8-4-10(18)13(21)11(19)5-8/h1-6,17-21H,(H,16,22)/b15-6+. The number of amides is 1. The summed E-state index contributed by atoms with van der Waals surface area (Å²) < 4.78 is 0. The Balaban J connectivity index is 2.13. The average molecular weight is 304 g/mol. The number of carbonyl (C=O) groups is 1. The van der Waals surface area contributed by atoms with Gasteiger partial charge in [0.15, 0.2) is 28.7 Å². The second-order valence-corrected chi connectivity index (χ2v) is 4.28. The minimum absolute atomic E-state index is 0.134. The summed E-state index contributed by atoms with van der Waals surface area (Å²) >= 11 is 0. The number of aromatic hydroxyl groups is 5. The second kappa shape index (κ2) is 5.92. The van der Waals surface area contributed by atoms with E-state index in [2.05, 4.69) is 10.5 Å². The summed E-state index contributed by atoms with van der Waals surface area (Å²) in [5.74, 6) is -3.52. The Morgan fingerprint density at radius 1 is 0.955 bits per heavy atom. The molecule has 0 aromatic heterocycles. The van der Waals surface area contributed by atoms with Crippen LogP contribution in [0.25, 0.3) is 0 Å². The van der Waals surface area contributed by atoms with E-state index in [0.717, 1.165) is 18.3 Å². The normalized spacial score (nSPS) is 10.7. The van der Waals surface area contributed by atoms with Crippen LogP contribution in [-0.2, 0) is 0 Å². The van der Waals surface area contributed by atoms with Gasteiger partial charge in [0, 0.05) is 11.1 Å². The number of hydrogen-bond acceptors (Lipinski definition) is 7. The lowest BCUT2D eigenvalue weighted by Gasteiger charge is -2.05. The summed E-state index contributed by atoms with van der Waals surface area (Å²) in [6, 6.07) is 6.13. The molecule has 0 aliphatic rings. The van der Waals surface area contributed by atoms with Crippen molar-refractivity contribution in [3.05, 3.63) is 41.5 Å². The fourth-order valence-corrected chi connectivity index (χ4v) is 1.61. The van der Waals surface area contributed by atoms with E-state index in [1.165, 1.54) is 18.2 Å². The molecule has 0 aliphatic carbocycles. The Kier molecular flexibility index (Phi) is 4.03. The van der Waals surface area contributed by atoms with Crippen LogP contribution in [0.15, 0.2) is 35.4 Å². The topological polar surface area (TPSA) is 143 Å². The van der Waals surface area contributed by atoms with E-state index in [9.17, 15) is 30.3 Å². The number of carbonyl (C=O) groups excluding carboxylic acids is 1. The lowest BCUT2D eigenvalue weighted by molar-refractivity contribution is 0.0954. The molecular formula is C14H12N2O6. The fourth-order valence-electron chi connectivity index (χ4n) is 1.61. The van der Waals surface area contributed by atoms with Gasteiger partial charge in [-0.15, -0.1) is 0 Å². The predicted octanol–water partition coefficient (Wildman–Crippen LogP) is 0.978. The lowest BCUT2D eigenvalue weighted by atomic mass is 10.2. The van der Waals surface area contributed by atoms with Gasteiger partial charge in [0.25, 0.3) is 5.91 Å². The number of phenols is 5. The molecule has 0 fully saturated rings. The van der Waals surface area contributed by atoms with Gasteiger partial charge in [-0.2, -0.15) is 5.10 Å². The van der Waals surface area contributed by atoms with Crippen molar-refractivity contribution in [3.63, 3.8) is 0 Å². The molecule has 2 rings (SSSR count). The number of rotatable bonds is 3. The SMILES string of the molecule is O=C(N/N=C/c1cccc(O)c1O)c1cc(O)c(O)c(O)c1. The molecule has 1 amide bonds. The molecule has 0 radical (unpaired) electrons. The summed E-state index contributed by atoms with van der Waals surface area (Å²) in [5, 5.41) is 50.2. The largest absolute Gasteiger partial charge is 0.504 e. The van der Waals surface area contributed by atoms with Gasteiger partial charge in [-0.3, -0.25) is 4.79 Å². The highest BCUT2D eigenvalue weighted by Crippen LogP contribution is 2.35. The van der Waals surface area contributed by atoms with Gasteiger partial charge in [-0.1, -0.05) is 6.07 Å². The molecule has 0 heterocycles. The Morgan fingerprint density at radius 3 is 2.23 bits per heavy atom. The highest BCUT2D eigenvalue weighted by molar-refractivity contribution is 5.96. The molecule has 22 heavy (non-hydrogen) atoms. The van der Waals surface area contributed by atoms with E-state index in [4.69, 9.17) is 0 Å². The number of phenolic OH excluding ortho intramolecular Hbond substituents is 5. The van der Waals surface area contributed by atoms with Crippen LogP contribution in [0.3, 0.4) is 0 Å². The number of benzene rings is 2. The molecule has 0 bridgehead atoms. The first kappa shape index (κ1) is 15.0. The van der Waals surface area contributed by atoms with E-state index in [-0.39, 0.29) is 22.6 Å². The Morgan fingerprint density at radius 2 is 1.59 bits per heavy atom. The van der Waals surface area contributed by atoms with Crippen molar-refractivity contribution < 1.29 is 30.3 Å². The molecule has 114 valence electrons. The zero-order chi connectivity index (χ0) is 16.3. The number of hydrazone groups is 1. The van der Waals surface area contributed by atoms with Gasteiger partial charge in [0.05, 0.1) is 6.21 Å². The molecular weight excluding hydrogens is 292 g/mol. The third kappa shape index (κ3) is 3.01. The minimum atomic E-state index is -0.763. The lowest BCUT2D eigenvalue weighted by Crippen LogP contribution is -2.17. The van der Waals surface area contributed by atoms with Gasteiger partial charge < -0.3 is 25.5 Å². The van der Waals surface area contributed by atoms with E-state index in [0.29, 0.717) is 0 Å². The van der Waals surface area contributed by atoms with Crippen LogP contribution >= 0.6 is 0 Å². The van der Waals surface area contributed by atoms with Gasteiger partial charge in [-0.25, -0.2) is 5.43 Å². The maximum atomic E-state index is 11.8. The Labute approximate surface area is 124 Å². The van der Waals surface area contributed by atoms with Crippen molar-refractivity contribution in [1.29, 1.82) is 0 Å². The fraction of sp³-hybridized carbons (Fsp3) is 0. The maximum absolute atomic E-state index is 11.8. The summed E-state index contributed by atoms with van der Waals surface area (Å²) in [6.07, 6.45) is 1.10. The van der Waals surface area contributed by atoms with Crippen LogP contribution in [0, 0.1) is 0 Å². The number of nitrogens with one attached hydrogen (secondary N) is 1. The monoisotopic (exact) mass is 304 g/mol. The van der Waals surface area contributed by atoms with Crippen molar-refractivity contribution in [3.8, 4) is 28.7 Å². The molecule has 2 aromatic carbocycles. The summed E-state index contributed by atoms with van der Waals surface area (Å²) in [7, 11) is 0. The smallest absolute Gasteiger partial charge is 0.271 e. The average Bonchev–Trinajstić information content (AvgIpc) is 2.48. The van der Waals surface area contributed by atoms with Crippen molar-refractivity contribution in [2.45, 2.75) is 0 Å². The zero-order valence-electron chi connectivity index (χ0n) is 11.1. The molecule has 0 saturated carbocycles. The summed E-state index contributed by atoms with van der Waals surface area (Å²) in [5.41, 5.74) is 2.15. The van der Waals surface area contributed by atoms with Gasteiger partial charge in [0.1, 0.15) is 0 Å². The minimum Gasteiger partial charge on any atom is -0.504 e. The van der Waals surface area contributed by atoms with E-state index < -0.39 is 23.2 Å². The Bertz CT molecular complexity index is 734. The van der Waals surface area contributed by atoms with Crippen LogP contribution in [0.5, 0.6) is 28.7 Å². The maximum Gasteiger partial charge on any atom is 0.271 e. The molecule has 0 aliphatic heterocycles. The van der Waals surface area contributed by atoms with Crippen LogP contribution < -0.4 is 5.43 Å². The van der Waals surface area contributed by atoms with Crippen LogP contribution in [-0.4, -0.2) is 37.7 Å². The number of hydrogen-bond donors (Lipinski definition) is 6. The molecule has 2 aromatic rings. The molecule has 8 heteroatoms. The quantitative estimate of drug-likeness (QED) is 0.283. The third-order valence-electron chi connectivity index (χ3n) is 2.75. The van der Waals surface area contributed by atoms with Crippen molar-refractivity contribution in [1.82, 2.24) is 5.43 Å². The van der Waals surface area contributed by atoms with E-state index >= 15 is 0 Å². The van der Waals surface area contributed by atoms with E-state index in [1.54, 1.807) is 0 Å². The first-order valence-electron chi connectivity index (χ1n) is 5.99. The summed E-state index contributed by atoms with van der Waals surface area (Å²) in [4.78, 5) is 11.8. The molecule has 0 unspecified atom stereocenters. The van der Waals surface area contributed by atoms with Gasteiger partial charge >= 0.3 is 0 Å². The highest BCUT2D eigenvalue weighted by atomic mass is 16.3. The predicted molar refractivity (Wildman–Crippen MR) is 76.3 cm³/mol. The molecule has 0 spiro atoms. The van der Waals surface area contributed by atoms with Crippen molar-refractivity contribution >= 4 is 12.1 Å². The van der Waals surface area contributed by atoms with Gasteiger partial charge in [-0.05, 0) is 24.3 Å². The second-order valence-electron chi connectivity index (χ2n) is 4.28. The molecule has 8 nitrogen and oxygen atoms in total. The van der Waals surface area contributed by atoms with Crippen LogP contribution in [0.4, 0.5) is 0 Å². The molecule has 0 atom stereocenters. The van der Waals surface area contributed by atoms with Crippen LogP contribution in [0.2, 0.25) is 0 Å².